The fourth-order valence-electron chi connectivity index (χ4n) is 2.79. The van der Waals surface area contributed by atoms with Crippen LogP contribution in [0.25, 0.3) is 5.82 Å². The fourth-order valence-corrected chi connectivity index (χ4v) is 2.91. The van der Waals surface area contributed by atoms with Gasteiger partial charge in [0, 0.05) is 28.0 Å². The molecule has 1 N–H and O–H groups in total. The average molecular weight is 401 g/mol. The summed E-state index contributed by atoms with van der Waals surface area (Å²) in [6.45, 7) is 7.49. The number of ether oxygens (including phenoxy) is 1. The molecule has 146 valence electrons. The van der Waals surface area contributed by atoms with Crippen LogP contribution in [0.4, 0.5) is 0 Å². The van der Waals surface area contributed by atoms with Gasteiger partial charge in [-0.15, -0.1) is 0 Å². The Hall–Kier alpha value is -3.06. The van der Waals surface area contributed by atoms with Gasteiger partial charge in [0.05, 0.1) is 6.21 Å². The molecule has 0 saturated carbocycles. The van der Waals surface area contributed by atoms with E-state index in [-0.39, 0.29) is 12.5 Å². The molecule has 2 heterocycles. The lowest BCUT2D eigenvalue weighted by molar-refractivity contribution is -0.123. The fraction of sp³-hybridized carbons (Fsp3) is 0.250. The highest BCUT2D eigenvalue weighted by Crippen LogP contribution is 2.21. The van der Waals surface area contributed by atoms with Gasteiger partial charge in [-0.3, -0.25) is 9.36 Å². The molecule has 7 nitrogen and oxygen atoms in total. The Morgan fingerprint density at radius 1 is 1.29 bits per heavy atom. The van der Waals surface area contributed by atoms with Crippen LogP contribution in [-0.4, -0.2) is 28.5 Å². The highest BCUT2D eigenvalue weighted by molar-refractivity contribution is 6.31. The molecular weight excluding hydrogens is 380 g/mol. The van der Waals surface area contributed by atoms with Gasteiger partial charge in [0.15, 0.2) is 12.4 Å². The van der Waals surface area contributed by atoms with Gasteiger partial charge in [-0.25, -0.2) is 5.43 Å². The second kappa shape index (κ2) is 8.31. The zero-order valence-corrected chi connectivity index (χ0v) is 16.9. The lowest BCUT2D eigenvalue weighted by Gasteiger charge is -2.06. The minimum Gasteiger partial charge on any atom is -0.484 e. The Kier molecular flexibility index (Phi) is 5.84. The van der Waals surface area contributed by atoms with Gasteiger partial charge in [0.25, 0.3) is 5.91 Å². The van der Waals surface area contributed by atoms with Crippen LogP contribution in [0, 0.1) is 27.7 Å². The lowest BCUT2D eigenvalue weighted by Crippen LogP contribution is -2.24. The third-order valence-electron chi connectivity index (χ3n) is 4.21. The molecule has 0 spiro atoms. The number of hydrogen-bond acceptors (Lipinski definition) is 5. The van der Waals surface area contributed by atoms with Gasteiger partial charge in [0.2, 0.25) is 0 Å². The van der Waals surface area contributed by atoms with Crippen LogP contribution < -0.4 is 10.2 Å². The smallest absolute Gasteiger partial charge is 0.277 e. The van der Waals surface area contributed by atoms with Crippen LogP contribution >= 0.6 is 11.6 Å². The van der Waals surface area contributed by atoms with E-state index in [1.165, 1.54) is 0 Å². The van der Waals surface area contributed by atoms with E-state index in [0.717, 1.165) is 28.3 Å². The maximum atomic E-state index is 11.9. The van der Waals surface area contributed by atoms with E-state index in [2.05, 4.69) is 15.7 Å². The maximum Gasteiger partial charge on any atom is 0.277 e. The number of benzene rings is 1. The van der Waals surface area contributed by atoms with Gasteiger partial charge in [0.1, 0.15) is 11.5 Å². The third kappa shape index (κ3) is 4.43. The Morgan fingerprint density at radius 3 is 2.75 bits per heavy atom. The van der Waals surface area contributed by atoms with Crippen LogP contribution in [-0.2, 0) is 4.79 Å². The molecule has 3 rings (SSSR count). The van der Waals surface area contributed by atoms with E-state index in [1.807, 2.05) is 44.4 Å². The number of rotatable bonds is 6. The van der Waals surface area contributed by atoms with Crippen LogP contribution in [0.5, 0.6) is 5.75 Å². The molecule has 1 amide bonds. The van der Waals surface area contributed by atoms with Crippen molar-refractivity contribution in [2.45, 2.75) is 27.7 Å². The summed E-state index contributed by atoms with van der Waals surface area (Å²) in [5.41, 5.74) is 6.14. The van der Waals surface area contributed by atoms with Crippen molar-refractivity contribution in [3.05, 3.63) is 63.6 Å². The first-order valence-electron chi connectivity index (χ1n) is 8.68. The van der Waals surface area contributed by atoms with Crippen molar-refractivity contribution in [3.8, 4) is 11.6 Å². The van der Waals surface area contributed by atoms with Crippen molar-refractivity contribution in [1.82, 2.24) is 15.1 Å². The number of amides is 1. The summed E-state index contributed by atoms with van der Waals surface area (Å²) >= 11 is 5.97. The Balaban J connectivity index is 1.60. The Morgan fingerprint density at radius 2 is 2.07 bits per heavy atom. The molecule has 0 aliphatic heterocycles. The maximum absolute atomic E-state index is 11.9. The van der Waals surface area contributed by atoms with Crippen molar-refractivity contribution >= 4 is 23.7 Å². The van der Waals surface area contributed by atoms with E-state index in [4.69, 9.17) is 20.9 Å². The number of hydrazone groups is 1. The summed E-state index contributed by atoms with van der Waals surface area (Å²) in [6, 6.07) is 9.04. The zero-order chi connectivity index (χ0) is 20.3. The zero-order valence-electron chi connectivity index (χ0n) is 16.1. The van der Waals surface area contributed by atoms with Gasteiger partial charge in [-0.05, 0) is 57.5 Å². The predicted molar refractivity (Wildman–Crippen MR) is 107 cm³/mol. The van der Waals surface area contributed by atoms with Crippen molar-refractivity contribution in [2.75, 3.05) is 6.61 Å². The van der Waals surface area contributed by atoms with Crippen LogP contribution in [0.15, 0.2) is 40.0 Å². The average Bonchev–Trinajstić information content (AvgIpc) is 3.19. The summed E-state index contributed by atoms with van der Waals surface area (Å²) < 4.78 is 12.6. The molecular formula is C20H21ClN4O3. The number of halogens is 1. The van der Waals surface area contributed by atoms with Crippen LogP contribution in [0.2, 0.25) is 5.02 Å². The molecule has 0 bridgehead atoms. The molecule has 2 aromatic heterocycles. The van der Waals surface area contributed by atoms with E-state index in [9.17, 15) is 4.79 Å². The topological polar surface area (TPSA) is 81.7 Å². The minimum absolute atomic E-state index is 0.143. The van der Waals surface area contributed by atoms with E-state index in [0.29, 0.717) is 16.6 Å². The number of aromatic nitrogens is 2. The van der Waals surface area contributed by atoms with E-state index < -0.39 is 0 Å². The van der Waals surface area contributed by atoms with Gasteiger partial charge in [-0.1, -0.05) is 16.8 Å². The van der Waals surface area contributed by atoms with Gasteiger partial charge < -0.3 is 9.26 Å². The second-order valence-corrected chi connectivity index (χ2v) is 6.86. The quantitative estimate of drug-likeness (QED) is 0.502. The van der Waals surface area contributed by atoms with E-state index in [1.54, 1.807) is 24.4 Å². The number of carbonyl (C=O) groups excluding carboxylic acids is 1. The number of aryl methyl sites for hydroxylation is 3. The Labute approximate surface area is 167 Å². The van der Waals surface area contributed by atoms with E-state index >= 15 is 0 Å². The lowest BCUT2D eigenvalue weighted by atomic mass is 10.2. The number of hydrogen-bond donors (Lipinski definition) is 1. The van der Waals surface area contributed by atoms with Crippen molar-refractivity contribution in [2.24, 2.45) is 5.10 Å². The van der Waals surface area contributed by atoms with Crippen molar-refractivity contribution < 1.29 is 14.1 Å². The number of nitrogens with one attached hydrogen (secondary N) is 1. The first-order chi connectivity index (χ1) is 13.3. The van der Waals surface area contributed by atoms with Gasteiger partial charge in [-0.2, -0.15) is 5.10 Å². The standard InChI is InChI=1S/C20H21ClN4O3/c1-12-7-17(5-6-18(12)21)27-11-20(26)23-22-10-16-8-13(2)25(15(16)4)19-9-14(3)28-24-19/h5-10H,11H2,1-4H3,(H,23,26)/b22-10-. The normalized spacial score (nSPS) is 11.2. The molecule has 28 heavy (non-hydrogen) atoms. The van der Waals surface area contributed by atoms with Crippen LogP contribution in [0.1, 0.15) is 28.3 Å². The largest absolute Gasteiger partial charge is 0.484 e. The van der Waals surface area contributed by atoms with Crippen LogP contribution in [0.3, 0.4) is 0 Å². The second-order valence-electron chi connectivity index (χ2n) is 6.45. The summed E-state index contributed by atoms with van der Waals surface area (Å²) in [7, 11) is 0. The predicted octanol–water partition coefficient (Wildman–Crippen LogP) is 3.88. The third-order valence-corrected chi connectivity index (χ3v) is 4.63. The molecule has 0 aliphatic rings. The summed E-state index contributed by atoms with van der Waals surface area (Å²) in [5, 5.41) is 8.71. The summed E-state index contributed by atoms with van der Waals surface area (Å²) in [6.07, 6.45) is 1.59. The number of nitrogens with zero attached hydrogens (tertiary/aromatic N) is 3. The first-order valence-corrected chi connectivity index (χ1v) is 9.06. The highest BCUT2D eigenvalue weighted by Gasteiger charge is 2.12. The summed E-state index contributed by atoms with van der Waals surface area (Å²) in [4.78, 5) is 11.9. The minimum atomic E-state index is -0.357. The summed E-state index contributed by atoms with van der Waals surface area (Å²) in [5.74, 6) is 1.67. The molecule has 0 aliphatic carbocycles. The molecule has 3 aromatic rings. The molecule has 0 unspecified atom stereocenters. The van der Waals surface area contributed by atoms with Crippen molar-refractivity contribution in [3.63, 3.8) is 0 Å². The molecule has 1 aromatic carbocycles. The monoisotopic (exact) mass is 400 g/mol. The highest BCUT2D eigenvalue weighted by atomic mass is 35.5. The molecule has 0 saturated heterocycles. The molecule has 0 atom stereocenters. The first kappa shape index (κ1) is 19.7. The SMILES string of the molecule is Cc1cc(-n2c(C)cc(/C=N\NC(=O)COc3ccc(Cl)c(C)c3)c2C)no1. The Bertz CT molecular complexity index is 1040. The number of carbonyl (C=O) groups is 1. The molecule has 0 fully saturated rings. The van der Waals surface area contributed by atoms with Gasteiger partial charge >= 0.3 is 0 Å². The molecule has 0 radical (unpaired) electrons. The molecule has 8 heteroatoms. The van der Waals surface area contributed by atoms with Crippen molar-refractivity contribution in [1.29, 1.82) is 0 Å².